The summed E-state index contributed by atoms with van der Waals surface area (Å²) < 4.78 is 4.92. The topological polar surface area (TPSA) is 55.0 Å². The number of H-pyrrole nitrogens is 1. The lowest BCUT2D eigenvalue weighted by atomic mass is 10.00. The number of pyridine rings is 1. The second kappa shape index (κ2) is 6.88. The van der Waals surface area contributed by atoms with Crippen molar-refractivity contribution in [2.45, 2.75) is 20.3 Å². The van der Waals surface area contributed by atoms with Gasteiger partial charge in [0.15, 0.2) is 0 Å². The fourth-order valence-corrected chi connectivity index (χ4v) is 3.53. The van der Waals surface area contributed by atoms with Crippen LogP contribution >= 0.6 is 0 Å². The van der Waals surface area contributed by atoms with Gasteiger partial charge in [-0.2, -0.15) is 0 Å². The molecule has 0 aliphatic rings. The van der Waals surface area contributed by atoms with Crippen LogP contribution in [0.4, 0.5) is 0 Å². The van der Waals surface area contributed by atoms with Gasteiger partial charge in [-0.3, -0.25) is 0 Å². The van der Waals surface area contributed by atoms with Crippen molar-refractivity contribution < 1.29 is 9.53 Å². The molecule has 1 N–H and O–H groups in total. The van der Waals surface area contributed by atoms with Crippen LogP contribution in [0, 0.1) is 5.92 Å². The van der Waals surface area contributed by atoms with E-state index in [0.29, 0.717) is 11.6 Å². The van der Waals surface area contributed by atoms with E-state index in [2.05, 4.69) is 48.1 Å². The van der Waals surface area contributed by atoms with Crippen LogP contribution in [0.3, 0.4) is 0 Å². The van der Waals surface area contributed by atoms with Crippen LogP contribution in [-0.4, -0.2) is 23.0 Å². The fourth-order valence-electron chi connectivity index (χ4n) is 3.53. The van der Waals surface area contributed by atoms with Crippen molar-refractivity contribution in [1.82, 2.24) is 9.97 Å². The number of aromatic nitrogens is 2. The Bertz CT molecular complexity index is 1120. The minimum atomic E-state index is -0.431. The lowest BCUT2D eigenvalue weighted by molar-refractivity contribution is 0.0594. The van der Waals surface area contributed by atoms with Crippen molar-refractivity contribution in [2.24, 2.45) is 5.92 Å². The number of hydrogen-bond donors (Lipinski definition) is 1. The summed E-state index contributed by atoms with van der Waals surface area (Å²) in [4.78, 5) is 20.3. The van der Waals surface area contributed by atoms with Gasteiger partial charge in [-0.25, -0.2) is 9.78 Å². The summed E-state index contributed by atoms with van der Waals surface area (Å²) in [5, 5.41) is 2.04. The Hall–Kier alpha value is -3.14. The van der Waals surface area contributed by atoms with E-state index in [1.54, 1.807) is 6.07 Å². The number of methoxy groups -OCH3 is 1. The number of carbonyl (C=O) groups is 1. The average Bonchev–Trinajstić information content (AvgIpc) is 3.05. The van der Waals surface area contributed by atoms with Gasteiger partial charge in [-0.05, 0) is 30.0 Å². The maximum absolute atomic E-state index is 12.2. The first-order valence-electron chi connectivity index (χ1n) is 9.16. The quantitative estimate of drug-likeness (QED) is 0.499. The van der Waals surface area contributed by atoms with Crippen LogP contribution in [0.2, 0.25) is 0 Å². The Kier molecular flexibility index (Phi) is 4.40. The van der Waals surface area contributed by atoms with Gasteiger partial charge >= 0.3 is 5.97 Å². The van der Waals surface area contributed by atoms with Gasteiger partial charge < -0.3 is 9.72 Å². The number of ether oxygens (including phenoxy) is 1. The Morgan fingerprint density at radius 3 is 2.52 bits per heavy atom. The molecule has 0 atom stereocenters. The first kappa shape index (κ1) is 17.3. The van der Waals surface area contributed by atoms with Crippen molar-refractivity contribution in [3.05, 3.63) is 65.9 Å². The third kappa shape index (κ3) is 3.19. The number of esters is 1. The summed E-state index contributed by atoms with van der Waals surface area (Å²) in [7, 11) is 1.38. The van der Waals surface area contributed by atoms with Crippen LogP contribution < -0.4 is 0 Å². The van der Waals surface area contributed by atoms with Crippen molar-refractivity contribution in [1.29, 1.82) is 0 Å². The number of rotatable bonds is 4. The van der Waals surface area contributed by atoms with Crippen LogP contribution in [0.15, 0.2) is 54.6 Å². The minimum absolute atomic E-state index is 0.316. The maximum atomic E-state index is 12.2. The molecule has 4 heteroatoms. The Balaban J connectivity index is 1.93. The fraction of sp³-hybridized carbons (Fsp3) is 0.217. The van der Waals surface area contributed by atoms with Crippen LogP contribution in [0.25, 0.3) is 33.1 Å². The predicted octanol–water partition coefficient (Wildman–Crippen LogP) is 5.37. The lowest BCUT2D eigenvalue weighted by Gasteiger charge is -2.09. The molecule has 4 rings (SSSR count). The molecule has 0 aliphatic carbocycles. The van der Waals surface area contributed by atoms with E-state index in [1.807, 2.05) is 24.3 Å². The highest BCUT2D eigenvalue weighted by Gasteiger charge is 2.17. The summed E-state index contributed by atoms with van der Waals surface area (Å²) in [6.45, 7) is 4.42. The standard InChI is InChI=1S/C23H22N2O2/c1-14(2)12-15-8-10-16(11-9-15)21-22-18(13-20(25-21)23(26)27-3)17-6-4-5-7-19(17)24-22/h4-11,13-14,24H,12H2,1-3H3. The first-order valence-corrected chi connectivity index (χ1v) is 9.16. The first-order chi connectivity index (χ1) is 13.1. The van der Waals surface area contributed by atoms with Gasteiger partial charge in [0, 0.05) is 21.9 Å². The van der Waals surface area contributed by atoms with Gasteiger partial charge in [-0.15, -0.1) is 0 Å². The largest absolute Gasteiger partial charge is 0.464 e. The molecule has 0 unspecified atom stereocenters. The van der Waals surface area contributed by atoms with Crippen molar-refractivity contribution >= 4 is 27.8 Å². The van der Waals surface area contributed by atoms with Gasteiger partial charge in [0.1, 0.15) is 5.69 Å². The van der Waals surface area contributed by atoms with Gasteiger partial charge in [0.05, 0.1) is 18.3 Å². The Morgan fingerprint density at radius 2 is 1.81 bits per heavy atom. The zero-order chi connectivity index (χ0) is 19.0. The van der Waals surface area contributed by atoms with Crippen LogP contribution in [0.1, 0.15) is 29.9 Å². The number of nitrogens with one attached hydrogen (secondary N) is 1. The van der Waals surface area contributed by atoms with Crippen LogP contribution in [-0.2, 0) is 11.2 Å². The summed E-state index contributed by atoms with van der Waals surface area (Å²) >= 11 is 0. The molecule has 136 valence electrons. The molecule has 4 nitrogen and oxygen atoms in total. The highest BCUT2D eigenvalue weighted by atomic mass is 16.5. The second-order valence-corrected chi connectivity index (χ2v) is 7.24. The van der Waals surface area contributed by atoms with Gasteiger partial charge in [0.2, 0.25) is 0 Å². The Labute approximate surface area is 158 Å². The monoisotopic (exact) mass is 358 g/mol. The molecular formula is C23H22N2O2. The minimum Gasteiger partial charge on any atom is -0.464 e. The van der Waals surface area contributed by atoms with E-state index in [4.69, 9.17) is 4.74 Å². The molecule has 2 heterocycles. The smallest absolute Gasteiger partial charge is 0.356 e. The Morgan fingerprint density at radius 1 is 1.07 bits per heavy atom. The van der Waals surface area contributed by atoms with Crippen molar-refractivity contribution in [2.75, 3.05) is 7.11 Å². The average molecular weight is 358 g/mol. The maximum Gasteiger partial charge on any atom is 0.356 e. The van der Waals surface area contributed by atoms with E-state index in [9.17, 15) is 4.79 Å². The summed E-state index contributed by atoms with van der Waals surface area (Å²) in [6.07, 6.45) is 1.04. The number of hydrogen-bond acceptors (Lipinski definition) is 3. The zero-order valence-electron chi connectivity index (χ0n) is 15.7. The zero-order valence-corrected chi connectivity index (χ0v) is 15.7. The lowest BCUT2D eigenvalue weighted by Crippen LogP contribution is -2.05. The summed E-state index contributed by atoms with van der Waals surface area (Å²) in [6, 6.07) is 18.3. The molecular weight excluding hydrogens is 336 g/mol. The summed E-state index contributed by atoms with van der Waals surface area (Å²) in [5.74, 6) is 0.178. The molecule has 0 spiro atoms. The van der Waals surface area contributed by atoms with E-state index in [1.165, 1.54) is 12.7 Å². The number of benzene rings is 2. The summed E-state index contributed by atoms with van der Waals surface area (Å²) in [5.41, 5.74) is 5.31. The highest BCUT2D eigenvalue weighted by molar-refractivity contribution is 6.12. The number of carbonyl (C=O) groups excluding carboxylic acids is 1. The van der Waals surface area contributed by atoms with E-state index < -0.39 is 5.97 Å². The van der Waals surface area contributed by atoms with Gasteiger partial charge in [-0.1, -0.05) is 56.3 Å². The van der Waals surface area contributed by atoms with E-state index in [-0.39, 0.29) is 0 Å². The number of aromatic amines is 1. The molecule has 2 aromatic carbocycles. The third-order valence-electron chi connectivity index (χ3n) is 4.76. The van der Waals surface area contributed by atoms with Crippen LogP contribution in [0.5, 0.6) is 0 Å². The molecule has 0 bridgehead atoms. The molecule has 0 amide bonds. The van der Waals surface area contributed by atoms with Crippen molar-refractivity contribution in [3.8, 4) is 11.3 Å². The molecule has 0 aliphatic heterocycles. The van der Waals surface area contributed by atoms with Gasteiger partial charge in [0.25, 0.3) is 0 Å². The highest BCUT2D eigenvalue weighted by Crippen LogP contribution is 2.33. The number of fused-ring (bicyclic) bond motifs is 3. The molecule has 0 fully saturated rings. The van der Waals surface area contributed by atoms with E-state index in [0.717, 1.165) is 39.5 Å². The van der Waals surface area contributed by atoms with Crippen molar-refractivity contribution in [3.63, 3.8) is 0 Å². The molecule has 0 radical (unpaired) electrons. The molecule has 4 aromatic rings. The predicted molar refractivity (Wildman–Crippen MR) is 109 cm³/mol. The van der Waals surface area contributed by atoms with E-state index >= 15 is 0 Å². The third-order valence-corrected chi connectivity index (χ3v) is 4.76. The molecule has 27 heavy (non-hydrogen) atoms. The number of para-hydroxylation sites is 1. The molecule has 0 saturated heterocycles. The molecule has 2 aromatic heterocycles. The second-order valence-electron chi connectivity index (χ2n) is 7.24. The molecule has 0 saturated carbocycles. The SMILES string of the molecule is COC(=O)c1cc2c([nH]c3ccccc32)c(-c2ccc(CC(C)C)cc2)n1. The normalized spacial score (nSPS) is 11.4. The number of nitrogens with zero attached hydrogens (tertiary/aromatic N) is 1.